The Morgan fingerprint density at radius 2 is 2.37 bits per heavy atom. The maximum absolute atomic E-state index is 6.16. The third kappa shape index (κ3) is 2.26. The summed E-state index contributed by atoms with van der Waals surface area (Å²) in [6, 6.07) is 4.71. The summed E-state index contributed by atoms with van der Waals surface area (Å²) in [7, 11) is 4.31. The molecule has 1 saturated heterocycles. The molecular weight excluding hydrogens is 238 g/mol. The molecule has 1 atom stereocenters. The molecule has 1 aliphatic rings. The molecule has 0 radical (unpaired) electrons. The van der Waals surface area contributed by atoms with Crippen molar-refractivity contribution < 1.29 is 0 Å². The van der Waals surface area contributed by atoms with E-state index < -0.39 is 0 Å². The van der Waals surface area contributed by atoms with Gasteiger partial charge in [-0.05, 0) is 38.6 Å². The summed E-state index contributed by atoms with van der Waals surface area (Å²) in [5.74, 6) is 0. The molecule has 0 saturated carbocycles. The van der Waals surface area contributed by atoms with Gasteiger partial charge in [-0.2, -0.15) is 5.10 Å². The van der Waals surface area contributed by atoms with E-state index in [4.69, 9.17) is 5.73 Å². The zero-order valence-electron chi connectivity index (χ0n) is 11.6. The largest absolute Gasteiger partial charge is 0.397 e. The van der Waals surface area contributed by atoms with Crippen LogP contribution >= 0.6 is 0 Å². The van der Waals surface area contributed by atoms with Crippen molar-refractivity contribution in [2.75, 3.05) is 37.8 Å². The van der Waals surface area contributed by atoms with E-state index in [0.29, 0.717) is 6.04 Å². The number of aromatic nitrogens is 2. The molecule has 1 aliphatic heterocycles. The number of benzene rings is 1. The van der Waals surface area contributed by atoms with E-state index in [0.717, 1.165) is 28.8 Å². The lowest BCUT2D eigenvalue weighted by molar-refractivity contribution is 0.314. The highest BCUT2D eigenvalue weighted by molar-refractivity contribution is 5.88. The molecule has 0 spiro atoms. The van der Waals surface area contributed by atoms with Gasteiger partial charge in [-0.3, -0.25) is 5.10 Å². The van der Waals surface area contributed by atoms with Crippen LogP contribution in [0, 0.1) is 0 Å². The lowest BCUT2D eigenvalue weighted by atomic mass is 10.1. The molecule has 1 fully saturated rings. The Hall–Kier alpha value is -1.75. The topological polar surface area (TPSA) is 61.2 Å². The van der Waals surface area contributed by atoms with E-state index in [2.05, 4.69) is 40.2 Å². The molecule has 1 aromatic carbocycles. The first-order valence-electron chi connectivity index (χ1n) is 6.79. The minimum atomic E-state index is 0.627. The first-order chi connectivity index (χ1) is 9.15. The minimum absolute atomic E-state index is 0.627. The average Bonchev–Trinajstić information content (AvgIpc) is 2.97. The van der Waals surface area contributed by atoms with Gasteiger partial charge >= 0.3 is 0 Å². The van der Waals surface area contributed by atoms with E-state index in [9.17, 15) is 0 Å². The SMILES string of the molecule is CN(CC1CCCN1C)c1cc2[nH]ncc2cc1N. The van der Waals surface area contributed by atoms with Gasteiger partial charge in [0.05, 0.1) is 23.1 Å². The summed E-state index contributed by atoms with van der Waals surface area (Å²) >= 11 is 0. The number of anilines is 2. The molecule has 1 aromatic heterocycles. The molecule has 0 aliphatic carbocycles. The first kappa shape index (κ1) is 12.3. The van der Waals surface area contributed by atoms with Gasteiger partial charge in [-0.25, -0.2) is 0 Å². The van der Waals surface area contributed by atoms with Gasteiger partial charge in [0.15, 0.2) is 0 Å². The van der Waals surface area contributed by atoms with E-state index in [-0.39, 0.29) is 0 Å². The van der Waals surface area contributed by atoms with E-state index in [1.807, 2.05) is 6.07 Å². The second-order valence-electron chi connectivity index (χ2n) is 5.53. The zero-order valence-corrected chi connectivity index (χ0v) is 11.6. The highest BCUT2D eigenvalue weighted by atomic mass is 15.2. The lowest BCUT2D eigenvalue weighted by Crippen LogP contribution is -2.36. The Balaban J connectivity index is 1.83. The standard InChI is InChI=1S/C14H21N5/c1-18-5-3-4-11(18)9-19(2)14-7-13-10(6-12(14)15)8-16-17-13/h6-8,11H,3-5,9,15H2,1-2H3,(H,16,17). The number of nitrogens with two attached hydrogens (primary N) is 1. The number of fused-ring (bicyclic) bond motifs is 1. The van der Waals surface area contributed by atoms with Crippen LogP contribution in [0.2, 0.25) is 0 Å². The van der Waals surface area contributed by atoms with Gasteiger partial charge in [-0.1, -0.05) is 0 Å². The van der Waals surface area contributed by atoms with Gasteiger partial charge in [0.2, 0.25) is 0 Å². The van der Waals surface area contributed by atoms with Crippen LogP contribution in [0.3, 0.4) is 0 Å². The van der Waals surface area contributed by atoms with Crippen LogP contribution in [0.15, 0.2) is 18.3 Å². The predicted octanol–water partition coefficient (Wildman–Crippen LogP) is 1.68. The number of nitrogens with zero attached hydrogens (tertiary/aromatic N) is 3. The van der Waals surface area contributed by atoms with Crippen molar-refractivity contribution in [2.45, 2.75) is 18.9 Å². The summed E-state index contributed by atoms with van der Waals surface area (Å²) in [5, 5.41) is 8.12. The van der Waals surface area contributed by atoms with Gasteiger partial charge in [0, 0.05) is 25.0 Å². The highest BCUT2D eigenvalue weighted by Crippen LogP contribution is 2.28. The van der Waals surface area contributed by atoms with Gasteiger partial charge in [0.25, 0.3) is 0 Å². The number of nitrogen functional groups attached to an aromatic ring is 1. The number of aromatic amines is 1. The number of rotatable bonds is 3. The molecule has 2 heterocycles. The molecule has 102 valence electrons. The van der Waals surface area contributed by atoms with Crippen molar-refractivity contribution in [3.05, 3.63) is 18.3 Å². The van der Waals surface area contributed by atoms with Crippen molar-refractivity contribution in [3.63, 3.8) is 0 Å². The summed E-state index contributed by atoms with van der Waals surface area (Å²) in [6.45, 7) is 2.22. The average molecular weight is 259 g/mol. The Bertz CT molecular complexity index is 576. The molecule has 0 bridgehead atoms. The monoisotopic (exact) mass is 259 g/mol. The normalized spacial score (nSPS) is 20.2. The van der Waals surface area contributed by atoms with Crippen LogP contribution in [-0.2, 0) is 0 Å². The molecule has 5 nitrogen and oxygen atoms in total. The Kier molecular flexibility index (Phi) is 3.06. The molecule has 1 unspecified atom stereocenters. The minimum Gasteiger partial charge on any atom is -0.397 e. The number of nitrogens with one attached hydrogen (secondary N) is 1. The molecule has 19 heavy (non-hydrogen) atoms. The van der Waals surface area contributed by atoms with Crippen LogP contribution in [0.25, 0.3) is 10.9 Å². The van der Waals surface area contributed by atoms with Crippen LogP contribution < -0.4 is 10.6 Å². The summed E-state index contributed by atoms with van der Waals surface area (Å²) in [4.78, 5) is 4.68. The zero-order chi connectivity index (χ0) is 13.4. The number of likely N-dealkylation sites (N-methyl/N-ethyl adjacent to an activating group) is 2. The maximum Gasteiger partial charge on any atom is 0.0672 e. The number of hydrogen-bond acceptors (Lipinski definition) is 4. The third-order valence-corrected chi connectivity index (χ3v) is 4.15. The van der Waals surface area contributed by atoms with Crippen molar-refractivity contribution in [1.82, 2.24) is 15.1 Å². The molecular formula is C14H21N5. The summed E-state index contributed by atoms with van der Waals surface area (Å²) in [5.41, 5.74) is 9.09. The van der Waals surface area contributed by atoms with Crippen LogP contribution in [0.4, 0.5) is 11.4 Å². The second-order valence-corrected chi connectivity index (χ2v) is 5.53. The fraction of sp³-hybridized carbons (Fsp3) is 0.500. The van der Waals surface area contributed by atoms with Crippen molar-refractivity contribution in [3.8, 4) is 0 Å². The lowest BCUT2D eigenvalue weighted by Gasteiger charge is -2.28. The molecule has 3 N–H and O–H groups in total. The van der Waals surface area contributed by atoms with E-state index >= 15 is 0 Å². The smallest absolute Gasteiger partial charge is 0.0672 e. The van der Waals surface area contributed by atoms with Gasteiger partial charge in [0.1, 0.15) is 0 Å². The van der Waals surface area contributed by atoms with Crippen molar-refractivity contribution >= 4 is 22.3 Å². The van der Waals surface area contributed by atoms with Gasteiger partial charge in [-0.15, -0.1) is 0 Å². The predicted molar refractivity (Wildman–Crippen MR) is 79.4 cm³/mol. The molecule has 3 rings (SSSR count). The fourth-order valence-corrected chi connectivity index (χ4v) is 2.95. The number of H-pyrrole nitrogens is 1. The Morgan fingerprint density at radius 1 is 1.53 bits per heavy atom. The molecule has 0 amide bonds. The Labute approximate surface area is 113 Å². The van der Waals surface area contributed by atoms with Crippen molar-refractivity contribution in [2.24, 2.45) is 0 Å². The number of likely N-dealkylation sites (tertiary alicyclic amines) is 1. The maximum atomic E-state index is 6.16. The van der Waals surface area contributed by atoms with Crippen LogP contribution in [0.5, 0.6) is 0 Å². The van der Waals surface area contributed by atoms with Crippen LogP contribution in [0.1, 0.15) is 12.8 Å². The molecule has 5 heteroatoms. The highest BCUT2D eigenvalue weighted by Gasteiger charge is 2.22. The molecule has 2 aromatic rings. The Morgan fingerprint density at radius 3 is 3.11 bits per heavy atom. The van der Waals surface area contributed by atoms with Crippen molar-refractivity contribution in [1.29, 1.82) is 0 Å². The van der Waals surface area contributed by atoms with Gasteiger partial charge < -0.3 is 15.5 Å². The fourth-order valence-electron chi connectivity index (χ4n) is 2.95. The quantitative estimate of drug-likeness (QED) is 0.823. The van der Waals surface area contributed by atoms with E-state index in [1.165, 1.54) is 19.4 Å². The number of hydrogen-bond donors (Lipinski definition) is 2. The first-order valence-corrected chi connectivity index (χ1v) is 6.79. The van der Waals surface area contributed by atoms with Crippen LogP contribution in [-0.4, -0.2) is 48.3 Å². The summed E-state index contributed by atoms with van der Waals surface area (Å²) < 4.78 is 0. The van der Waals surface area contributed by atoms with E-state index in [1.54, 1.807) is 6.20 Å². The second kappa shape index (κ2) is 4.74. The third-order valence-electron chi connectivity index (χ3n) is 4.15. The summed E-state index contributed by atoms with van der Waals surface area (Å²) in [6.07, 6.45) is 4.37.